The summed E-state index contributed by atoms with van der Waals surface area (Å²) >= 11 is 0. The van der Waals surface area contributed by atoms with E-state index in [0.29, 0.717) is 5.76 Å². The third-order valence-electron chi connectivity index (χ3n) is 1.03. The SMILES string of the molecule is CP(=O)(O)Cc1ccco1. The summed E-state index contributed by atoms with van der Waals surface area (Å²) in [5.74, 6) is 0.563. The molecule has 0 bridgehead atoms. The van der Waals surface area contributed by atoms with Crippen molar-refractivity contribution >= 4 is 7.37 Å². The van der Waals surface area contributed by atoms with Crippen LogP contribution in [0.5, 0.6) is 0 Å². The van der Waals surface area contributed by atoms with Gasteiger partial charge in [-0.3, -0.25) is 4.57 Å². The Hall–Kier alpha value is -0.530. The average Bonchev–Trinajstić information content (AvgIpc) is 2.12. The topological polar surface area (TPSA) is 50.4 Å². The van der Waals surface area contributed by atoms with Gasteiger partial charge in [-0.2, -0.15) is 0 Å². The molecule has 0 aliphatic heterocycles. The Balaban J connectivity index is 2.66. The summed E-state index contributed by atoms with van der Waals surface area (Å²) in [4.78, 5) is 8.89. The molecule has 0 aromatic carbocycles. The van der Waals surface area contributed by atoms with Gasteiger partial charge in [-0.1, -0.05) is 0 Å². The van der Waals surface area contributed by atoms with Crippen LogP contribution in [0.4, 0.5) is 0 Å². The molecule has 1 N–H and O–H groups in total. The standard InChI is InChI=1S/C6H9O3P/c1-10(7,8)5-6-3-2-4-9-6/h2-4H,5H2,1H3,(H,7,8). The zero-order valence-electron chi connectivity index (χ0n) is 5.65. The molecular weight excluding hydrogens is 151 g/mol. The summed E-state index contributed by atoms with van der Waals surface area (Å²) in [5, 5.41) is 0. The van der Waals surface area contributed by atoms with E-state index in [9.17, 15) is 4.57 Å². The highest BCUT2D eigenvalue weighted by atomic mass is 31.2. The van der Waals surface area contributed by atoms with E-state index in [1.165, 1.54) is 12.9 Å². The molecule has 56 valence electrons. The lowest BCUT2D eigenvalue weighted by Gasteiger charge is -1.99. The number of rotatable bonds is 2. The second kappa shape index (κ2) is 2.60. The lowest BCUT2D eigenvalue weighted by Crippen LogP contribution is -1.81. The largest absolute Gasteiger partial charge is 0.469 e. The summed E-state index contributed by atoms with van der Waals surface area (Å²) in [5.41, 5.74) is 0. The Bertz CT molecular complexity index is 234. The maximum absolute atomic E-state index is 10.8. The summed E-state index contributed by atoms with van der Waals surface area (Å²) < 4.78 is 15.7. The molecule has 0 amide bonds. The van der Waals surface area contributed by atoms with E-state index in [0.717, 1.165) is 0 Å². The zero-order chi connectivity index (χ0) is 7.61. The molecule has 0 radical (unpaired) electrons. The summed E-state index contributed by atoms with van der Waals surface area (Å²) in [6, 6.07) is 3.39. The van der Waals surface area contributed by atoms with Crippen molar-refractivity contribution < 1.29 is 13.9 Å². The van der Waals surface area contributed by atoms with Gasteiger partial charge in [0.1, 0.15) is 5.76 Å². The Morgan fingerprint density at radius 2 is 2.50 bits per heavy atom. The minimum Gasteiger partial charge on any atom is -0.469 e. The van der Waals surface area contributed by atoms with E-state index >= 15 is 0 Å². The first-order chi connectivity index (χ1) is 4.58. The van der Waals surface area contributed by atoms with Gasteiger partial charge in [-0.05, 0) is 12.1 Å². The molecule has 0 aliphatic carbocycles. The molecule has 10 heavy (non-hydrogen) atoms. The van der Waals surface area contributed by atoms with Gasteiger partial charge < -0.3 is 9.31 Å². The number of hydrogen-bond acceptors (Lipinski definition) is 2. The second-order valence-corrected chi connectivity index (χ2v) is 4.71. The number of furan rings is 1. The van der Waals surface area contributed by atoms with Crippen LogP contribution in [0.2, 0.25) is 0 Å². The van der Waals surface area contributed by atoms with Crippen LogP contribution in [0.3, 0.4) is 0 Å². The Labute approximate surface area is 59.1 Å². The van der Waals surface area contributed by atoms with Crippen LogP contribution >= 0.6 is 7.37 Å². The van der Waals surface area contributed by atoms with Crippen LogP contribution in [0.15, 0.2) is 22.8 Å². The van der Waals surface area contributed by atoms with Crippen LogP contribution in [0.1, 0.15) is 5.76 Å². The molecule has 1 unspecified atom stereocenters. The predicted octanol–water partition coefficient (Wildman–Crippen LogP) is 1.68. The molecule has 1 aromatic rings. The Morgan fingerprint density at radius 1 is 1.80 bits per heavy atom. The molecule has 1 atom stereocenters. The van der Waals surface area contributed by atoms with Crippen molar-refractivity contribution in [3.8, 4) is 0 Å². The lowest BCUT2D eigenvalue weighted by atomic mass is 10.5. The van der Waals surface area contributed by atoms with Crippen LogP contribution < -0.4 is 0 Å². The highest BCUT2D eigenvalue weighted by Crippen LogP contribution is 2.39. The van der Waals surface area contributed by atoms with E-state index in [1.54, 1.807) is 12.1 Å². The molecule has 0 aliphatic rings. The van der Waals surface area contributed by atoms with Crippen LogP contribution in [0, 0.1) is 0 Å². The first kappa shape index (κ1) is 7.58. The van der Waals surface area contributed by atoms with Crippen molar-refractivity contribution in [2.45, 2.75) is 6.16 Å². The van der Waals surface area contributed by atoms with Gasteiger partial charge >= 0.3 is 0 Å². The van der Waals surface area contributed by atoms with Crippen molar-refractivity contribution in [1.29, 1.82) is 0 Å². The number of hydrogen-bond donors (Lipinski definition) is 1. The summed E-state index contributed by atoms with van der Waals surface area (Å²) in [6.45, 7) is 1.32. The molecule has 1 rings (SSSR count). The molecular formula is C6H9O3P. The van der Waals surface area contributed by atoms with Gasteiger partial charge in [0.2, 0.25) is 7.37 Å². The third kappa shape index (κ3) is 2.38. The molecule has 1 heterocycles. The Morgan fingerprint density at radius 3 is 2.90 bits per heavy atom. The summed E-state index contributed by atoms with van der Waals surface area (Å²) in [6.07, 6.45) is 1.62. The van der Waals surface area contributed by atoms with E-state index in [-0.39, 0.29) is 6.16 Å². The Kier molecular flexibility index (Phi) is 1.97. The van der Waals surface area contributed by atoms with Gasteiger partial charge in [-0.25, -0.2) is 0 Å². The van der Waals surface area contributed by atoms with Gasteiger partial charge in [0.15, 0.2) is 0 Å². The van der Waals surface area contributed by atoms with Crippen molar-refractivity contribution in [3.63, 3.8) is 0 Å². The average molecular weight is 160 g/mol. The third-order valence-corrected chi connectivity index (χ3v) is 1.93. The van der Waals surface area contributed by atoms with Crippen molar-refractivity contribution in [2.75, 3.05) is 6.66 Å². The summed E-state index contributed by atoms with van der Waals surface area (Å²) in [7, 11) is -2.95. The van der Waals surface area contributed by atoms with Gasteiger partial charge in [0, 0.05) is 6.66 Å². The predicted molar refractivity (Wildman–Crippen MR) is 38.2 cm³/mol. The first-order valence-corrected chi connectivity index (χ1v) is 5.19. The molecule has 0 fully saturated rings. The molecule has 0 spiro atoms. The fraction of sp³-hybridized carbons (Fsp3) is 0.333. The van der Waals surface area contributed by atoms with E-state index in [2.05, 4.69) is 0 Å². The smallest absolute Gasteiger partial charge is 0.205 e. The fourth-order valence-electron chi connectivity index (χ4n) is 0.692. The normalized spacial score (nSPS) is 16.6. The van der Waals surface area contributed by atoms with Gasteiger partial charge in [-0.15, -0.1) is 0 Å². The minimum atomic E-state index is -2.95. The molecule has 0 saturated carbocycles. The van der Waals surface area contributed by atoms with Gasteiger partial charge in [0.25, 0.3) is 0 Å². The van der Waals surface area contributed by atoms with Crippen LogP contribution in [-0.4, -0.2) is 11.6 Å². The zero-order valence-corrected chi connectivity index (χ0v) is 6.54. The van der Waals surface area contributed by atoms with E-state index in [1.807, 2.05) is 0 Å². The van der Waals surface area contributed by atoms with E-state index in [4.69, 9.17) is 9.31 Å². The highest BCUT2D eigenvalue weighted by Gasteiger charge is 2.11. The molecule has 1 aromatic heterocycles. The molecule has 4 heteroatoms. The lowest BCUT2D eigenvalue weighted by molar-refractivity contribution is 0.468. The molecule has 0 saturated heterocycles. The van der Waals surface area contributed by atoms with Crippen molar-refractivity contribution in [1.82, 2.24) is 0 Å². The quantitative estimate of drug-likeness (QED) is 0.669. The van der Waals surface area contributed by atoms with Crippen LogP contribution in [0.25, 0.3) is 0 Å². The van der Waals surface area contributed by atoms with Crippen LogP contribution in [-0.2, 0) is 10.7 Å². The van der Waals surface area contributed by atoms with Gasteiger partial charge in [0.05, 0.1) is 12.4 Å². The van der Waals surface area contributed by atoms with E-state index < -0.39 is 7.37 Å². The highest BCUT2D eigenvalue weighted by molar-refractivity contribution is 7.56. The monoisotopic (exact) mass is 160 g/mol. The maximum Gasteiger partial charge on any atom is 0.205 e. The minimum absolute atomic E-state index is 0.125. The second-order valence-electron chi connectivity index (χ2n) is 2.29. The molecule has 3 nitrogen and oxygen atoms in total. The fourth-order valence-corrected chi connectivity index (χ4v) is 1.45. The maximum atomic E-state index is 10.8. The van der Waals surface area contributed by atoms with Crippen molar-refractivity contribution in [3.05, 3.63) is 24.2 Å². The van der Waals surface area contributed by atoms with Crippen molar-refractivity contribution in [2.24, 2.45) is 0 Å². The first-order valence-electron chi connectivity index (χ1n) is 2.89.